The van der Waals surface area contributed by atoms with E-state index < -0.39 is 0 Å². The summed E-state index contributed by atoms with van der Waals surface area (Å²) in [6.07, 6.45) is 0. The predicted octanol–water partition coefficient (Wildman–Crippen LogP) is 5.71. The highest BCUT2D eigenvalue weighted by molar-refractivity contribution is 6.34. The van der Waals surface area contributed by atoms with Gasteiger partial charge in [-0.2, -0.15) is 0 Å². The highest BCUT2D eigenvalue weighted by Gasteiger charge is 2.13. The molecule has 0 aliphatic heterocycles. The summed E-state index contributed by atoms with van der Waals surface area (Å²) < 4.78 is 5.79. The maximum Gasteiger partial charge on any atom is 0.257 e. The number of oxazole rings is 1. The fraction of sp³-hybridized carbons (Fsp3) is 0.0476. The van der Waals surface area contributed by atoms with Crippen LogP contribution < -0.4 is 5.32 Å². The molecule has 0 fully saturated rings. The summed E-state index contributed by atoms with van der Waals surface area (Å²) in [6, 6.07) is 20.4. The number of nitrogens with one attached hydrogen (secondary N) is 1. The number of benzene rings is 3. The first-order chi connectivity index (χ1) is 12.6. The number of carbonyl (C=O) groups is 1. The molecule has 0 saturated heterocycles. The average Bonchev–Trinajstić information content (AvgIpc) is 3.05. The standard InChI is InChI=1S/C21H15ClN2O2/c1-13-7-9-16(17(22)11-13)20(25)23-15-8-10-19-18(12-15)24-21(26-19)14-5-3-2-4-6-14/h2-12H,1H3,(H,23,25). The zero-order valence-corrected chi connectivity index (χ0v) is 14.7. The van der Waals surface area contributed by atoms with Crippen LogP contribution in [0.4, 0.5) is 5.69 Å². The van der Waals surface area contributed by atoms with E-state index in [2.05, 4.69) is 10.3 Å². The normalized spacial score (nSPS) is 10.8. The van der Waals surface area contributed by atoms with Crippen LogP contribution in [0.15, 0.2) is 71.1 Å². The second-order valence-corrected chi connectivity index (χ2v) is 6.41. The van der Waals surface area contributed by atoms with E-state index in [0.29, 0.717) is 33.3 Å². The highest BCUT2D eigenvalue weighted by Crippen LogP contribution is 2.26. The number of carbonyl (C=O) groups excluding carboxylic acids is 1. The van der Waals surface area contributed by atoms with Gasteiger partial charge in [0.15, 0.2) is 5.58 Å². The number of halogens is 1. The number of nitrogens with zero attached hydrogens (tertiary/aromatic N) is 1. The van der Waals surface area contributed by atoms with E-state index in [0.717, 1.165) is 11.1 Å². The molecule has 0 saturated carbocycles. The van der Waals surface area contributed by atoms with Crippen molar-refractivity contribution >= 4 is 34.3 Å². The fourth-order valence-corrected chi connectivity index (χ4v) is 3.03. The largest absolute Gasteiger partial charge is 0.436 e. The first-order valence-corrected chi connectivity index (χ1v) is 8.51. The van der Waals surface area contributed by atoms with Crippen molar-refractivity contribution in [2.24, 2.45) is 0 Å². The van der Waals surface area contributed by atoms with Gasteiger partial charge in [-0.25, -0.2) is 4.98 Å². The van der Waals surface area contributed by atoms with Crippen molar-refractivity contribution < 1.29 is 9.21 Å². The molecule has 0 unspecified atom stereocenters. The molecule has 0 aliphatic rings. The van der Waals surface area contributed by atoms with Crippen molar-refractivity contribution in [2.75, 3.05) is 5.32 Å². The SMILES string of the molecule is Cc1ccc(C(=O)Nc2ccc3oc(-c4ccccc4)nc3c2)c(Cl)c1. The number of anilines is 1. The molecule has 0 aliphatic carbocycles. The molecular weight excluding hydrogens is 348 g/mol. The molecule has 1 heterocycles. The molecular formula is C21H15ClN2O2. The topological polar surface area (TPSA) is 55.1 Å². The van der Waals surface area contributed by atoms with Crippen LogP contribution in [-0.4, -0.2) is 10.9 Å². The number of hydrogen-bond donors (Lipinski definition) is 1. The van der Waals surface area contributed by atoms with Gasteiger partial charge in [-0.1, -0.05) is 35.9 Å². The Morgan fingerprint density at radius 1 is 1.04 bits per heavy atom. The molecule has 0 bridgehead atoms. The molecule has 26 heavy (non-hydrogen) atoms. The highest BCUT2D eigenvalue weighted by atomic mass is 35.5. The Morgan fingerprint density at radius 3 is 2.62 bits per heavy atom. The molecule has 0 spiro atoms. The lowest BCUT2D eigenvalue weighted by atomic mass is 10.1. The van der Waals surface area contributed by atoms with Gasteiger partial charge in [0.25, 0.3) is 5.91 Å². The van der Waals surface area contributed by atoms with Crippen LogP contribution in [0.2, 0.25) is 5.02 Å². The Kier molecular flexibility index (Phi) is 4.19. The number of aryl methyl sites for hydroxylation is 1. The molecule has 0 atom stereocenters. The molecule has 0 radical (unpaired) electrons. The Balaban J connectivity index is 1.62. The first-order valence-electron chi connectivity index (χ1n) is 8.14. The number of hydrogen-bond acceptors (Lipinski definition) is 3. The van der Waals surface area contributed by atoms with Crippen LogP contribution in [-0.2, 0) is 0 Å². The minimum atomic E-state index is -0.263. The Labute approximate surface area is 155 Å². The molecule has 1 N–H and O–H groups in total. The lowest BCUT2D eigenvalue weighted by Gasteiger charge is -2.07. The number of fused-ring (bicyclic) bond motifs is 1. The molecule has 1 amide bonds. The molecule has 5 heteroatoms. The van der Waals surface area contributed by atoms with Gasteiger partial charge in [0, 0.05) is 11.3 Å². The molecule has 3 aromatic carbocycles. The Hall–Kier alpha value is -3.11. The Bertz CT molecular complexity index is 1100. The second-order valence-electron chi connectivity index (χ2n) is 6.00. The minimum absolute atomic E-state index is 0.263. The van der Waals surface area contributed by atoms with Crippen molar-refractivity contribution in [3.63, 3.8) is 0 Å². The van der Waals surface area contributed by atoms with Crippen LogP contribution >= 0.6 is 11.6 Å². The third-order valence-electron chi connectivity index (χ3n) is 4.04. The van der Waals surface area contributed by atoms with Crippen LogP contribution in [0.25, 0.3) is 22.6 Å². The third kappa shape index (κ3) is 3.19. The van der Waals surface area contributed by atoms with Gasteiger partial charge in [-0.05, 0) is 55.0 Å². The number of rotatable bonds is 3. The predicted molar refractivity (Wildman–Crippen MR) is 104 cm³/mol. The van der Waals surface area contributed by atoms with Gasteiger partial charge in [-0.3, -0.25) is 4.79 Å². The smallest absolute Gasteiger partial charge is 0.257 e. The maximum absolute atomic E-state index is 12.5. The molecule has 4 rings (SSSR count). The monoisotopic (exact) mass is 362 g/mol. The van der Waals surface area contributed by atoms with Gasteiger partial charge in [0.05, 0.1) is 10.6 Å². The van der Waals surface area contributed by atoms with Crippen molar-refractivity contribution in [2.45, 2.75) is 6.92 Å². The fourth-order valence-electron chi connectivity index (χ4n) is 2.71. The third-order valence-corrected chi connectivity index (χ3v) is 4.35. The second kappa shape index (κ2) is 6.65. The van der Waals surface area contributed by atoms with E-state index in [9.17, 15) is 4.79 Å². The first kappa shape index (κ1) is 16.4. The maximum atomic E-state index is 12.5. The van der Waals surface area contributed by atoms with E-state index in [1.807, 2.05) is 43.3 Å². The molecule has 4 nitrogen and oxygen atoms in total. The summed E-state index contributed by atoms with van der Waals surface area (Å²) in [6.45, 7) is 1.93. The van der Waals surface area contributed by atoms with E-state index in [1.54, 1.807) is 30.3 Å². The number of aromatic nitrogens is 1. The summed E-state index contributed by atoms with van der Waals surface area (Å²) in [5, 5.41) is 3.28. The summed E-state index contributed by atoms with van der Waals surface area (Å²) in [5.41, 5.74) is 4.31. The lowest BCUT2D eigenvalue weighted by molar-refractivity contribution is 0.102. The molecule has 128 valence electrons. The van der Waals surface area contributed by atoms with Crippen molar-refractivity contribution in [3.05, 3.63) is 82.9 Å². The van der Waals surface area contributed by atoms with E-state index in [1.165, 1.54) is 0 Å². The van der Waals surface area contributed by atoms with Crippen molar-refractivity contribution in [3.8, 4) is 11.5 Å². The van der Waals surface area contributed by atoms with Crippen molar-refractivity contribution in [1.82, 2.24) is 4.98 Å². The van der Waals surface area contributed by atoms with E-state index in [4.69, 9.17) is 16.0 Å². The number of amides is 1. The summed E-state index contributed by atoms with van der Waals surface area (Å²) >= 11 is 6.17. The quantitative estimate of drug-likeness (QED) is 0.508. The minimum Gasteiger partial charge on any atom is -0.436 e. The molecule has 1 aromatic heterocycles. The van der Waals surface area contributed by atoms with Gasteiger partial charge in [0.2, 0.25) is 5.89 Å². The van der Waals surface area contributed by atoms with Crippen LogP contribution in [0, 0.1) is 6.92 Å². The van der Waals surface area contributed by atoms with Crippen LogP contribution in [0.1, 0.15) is 15.9 Å². The van der Waals surface area contributed by atoms with Gasteiger partial charge in [-0.15, -0.1) is 0 Å². The van der Waals surface area contributed by atoms with Crippen molar-refractivity contribution in [1.29, 1.82) is 0 Å². The summed E-state index contributed by atoms with van der Waals surface area (Å²) in [7, 11) is 0. The van der Waals surface area contributed by atoms with Gasteiger partial charge < -0.3 is 9.73 Å². The average molecular weight is 363 g/mol. The summed E-state index contributed by atoms with van der Waals surface area (Å²) in [4.78, 5) is 17.0. The van der Waals surface area contributed by atoms with Crippen LogP contribution in [0.5, 0.6) is 0 Å². The lowest BCUT2D eigenvalue weighted by Crippen LogP contribution is -2.12. The van der Waals surface area contributed by atoms with Gasteiger partial charge >= 0.3 is 0 Å². The Morgan fingerprint density at radius 2 is 1.85 bits per heavy atom. The zero-order valence-electron chi connectivity index (χ0n) is 14.0. The van der Waals surface area contributed by atoms with Crippen LogP contribution in [0.3, 0.4) is 0 Å². The molecule has 4 aromatic rings. The zero-order chi connectivity index (χ0) is 18.1. The van der Waals surface area contributed by atoms with E-state index >= 15 is 0 Å². The summed E-state index contributed by atoms with van der Waals surface area (Å²) in [5.74, 6) is 0.284. The van der Waals surface area contributed by atoms with E-state index in [-0.39, 0.29) is 5.91 Å². The van der Waals surface area contributed by atoms with Gasteiger partial charge in [0.1, 0.15) is 5.52 Å².